The number of benzene rings is 1. The highest BCUT2D eigenvalue weighted by Crippen LogP contribution is 2.10. The van der Waals surface area contributed by atoms with Gasteiger partial charge in [0.2, 0.25) is 0 Å². The maximum atomic E-state index is 13.2. The van der Waals surface area contributed by atoms with Crippen LogP contribution in [-0.2, 0) is 11.3 Å². The zero-order valence-electron chi connectivity index (χ0n) is 11.8. The van der Waals surface area contributed by atoms with Crippen molar-refractivity contribution < 1.29 is 9.13 Å². The summed E-state index contributed by atoms with van der Waals surface area (Å²) in [6, 6.07) is 4.92. The SMILES string of the molecule is CCN1CCOC(CNCc2cc(F)ccc2C)C1. The molecule has 1 unspecified atom stereocenters. The summed E-state index contributed by atoms with van der Waals surface area (Å²) in [7, 11) is 0. The molecule has 19 heavy (non-hydrogen) atoms. The van der Waals surface area contributed by atoms with E-state index in [-0.39, 0.29) is 11.9 Å². The van der Waals surface area contributed by atoms with Gasteiger partial charge in [0.25, 0.3) is 0 Å². The van der Waals surface area contributed by atoms with E-state index >= 15 is 0 Å². The van der Waals surface area contributed by atoms with Crippen LogP contribution in [0.2, 0.25) is 0 Å². The van der Waals surface area contributed by atoms with Crippen molar-refractivity contribution in [3.8, 4) is 0 Å². The van der Waals surface area contributed by atoms with Crippen LogP contribution in [0.15, 0.2) is 18.2 Å². The Morgan fingerprint density at radius 1 is 1.47 bits per heavy atom. The summed E-state index contributed by atoms with van der Waals surface area (Å²) in [5, 5.41) is 3.37. The second kappa shape index (κ2) is 6.98. The number of likely N-dealkylation sites (N-methyl/N-ethyl adjacent to an activating group) is 1. The molecule has 1 aliphatic rings. The molecular weight excluding hydrogens is 243 g/mol. The molecule has 0 aliphatic carbocycles. The van der Waals surface area contributed by atoms with Gasteiger partial charge in [0, 0.05) is 26.2 Å². The summed E-state index contributed by atoms with van der Waals surface area (Å²) >= 11 is 0. The number of hydrogen-bond donors (Lipinski definition) is 1. The van der Waals surface area contributed by atoms with Crippen LogP contribution < -0.4 is 5.32 Å². The Morgan fingerprint density at radius 2 is 2.32 bits per heavy atom. The van der Waals surface area contributed by atoms with Gasteiger partial charge in [0.1, 0.15) is 5.82 Å². The number of morpholine rings is 1. The highest BCUT2D eigenvalue weighted by molar-refractivity contribution is 5.26. The van der Waals surface area contributed by atoms with E-state index in [4.69, 9.17) is 4.74 Å². The third kappa shape index (κ3) is 4.27. The summed E-state index contributed by atoms with van der Waals surface area (Å²) in [5.41, 5.74) is 2.14. The lowest BCUT2D eigenvalue weighted by Crippen LogP contribution is -2.46. The average Bonchev–Trinajstić information content (AvgIpc) is 2.43. The molecule has 1 N–H and O–H groups in total. The quantitative estimate of drug-likeness (QED) is 0.881. The van der Waals surface area contributed by atoms with Crippen LogP contribution in [0.25, 0.3) is 0 Å². The maximum absolute atomic E-state index is 13.2. The number of ether oxygens (including phenoxy) is 1. The molecule has 1 atom stereocenters. The first-order valence-electron chi connectivity index (χ1n) is 6.98. The summed E-state index contributed by atoms with van der Waals surface area (Å²) in [6.07, 6.45) is 0.238. The Morgan fingerprint density at radius 3 is 3.11 bits per heavy atom. The van der Waals surface area contributed by atoms with Crippen LogP contribution in [-0.4, -0.2) is 43.8 Å². The fourth-order valence-electron chi connectivity index (χ4n) is 2.39. The molecule has 3 nitrogen and oxygen atoms in total. The largest absolute Gasteiger partial charge is 0.374 e. The molecule has 4 heteroatoms. The molecule has 0 spiro atoms. The number of hydrogen-bond acceptors (Lipinski definition) is 3. The third-order valence-electron chi connectivity index (χ3n) is 3.67. The predicted molar refractivity (Wildman–Crippen MR) is 74.7 cm³/mol. The minimum Gasteiger partial charge on any atom is -0.374 e. The first kappa shape index (κ1) is 14.4. The van der Waals surface area contributed by atoms with Crippen molar-refractivity contribution in [3.05, 3.63) is 35.1 Å². The summed E-state index contributed by atoms with van der Waals surface area (Å²) in [5.74, 6) is -0.173. The molecule has 1 aromatic carbocycles. The van der Waals surface area contributed by atoms with Gasteiger partial charge in [-0.05, 0) is 36.7 Å². The molecule has 0 saturated carbocycles. The van der Waals surface area contributed by atoms with Crippen LogP contribution in [0.5, 0.6) is 0 Å². The average molecular weight is 266 g/mol. The van der Waals surface area contributed by atoms with Crippen LogP contribution in [0.3, 0.4) is 0 Å². The maximum Gasteiger partial charge on any atom is 0.123 e. The highest BCUT2D eigenvalue weighted by Gasteiger charge is 2.18. The van der Waals surface area contributed by atoms with Gasteiger partial charge in [-0.25, -0.2) is 4.39 Å². The molecule has 0 aromatic heterocycles. The van der Waals surface area contributed by atoms with E-state index in [9.17, 15) is 4.39 Å². The number of rotatable bonds is 5. The molecule has 106 valence electrons. The Kier molecular flexibility index (Phi) is 5.31. The molecule has 1 aromatic rings. The van der Waals surface area contributed by atoms with Gasteiger partial charge in [0.15, 0.2) is 0 Å². The Balaban J connectivity index is 1.78. The summed E-state index contributed by atoms with van der Waals surface area (Å²) in [6.45, 7) is 9.56. The second-order valence-corrected chi connectivity index (χ2v) is 5.09. The molecule has 1 aliphatic heterocycles. The lowest BCUT2D eigenvalue weighted by Gasteiger charge is -2.32. The van der Waals surface area contributed by atoms with E-state index in [2.05, 4.69) is 17.1 Å². The van der Waals surface area contributed by atoms with E-state index in [1.807, 2.05) is 13.0 Å². The summed E-state index contributed by atoms with van der Waals surface area (Å²) in [4.78, 5) is 2.39. The number of nitrogens with zero attached hydrogens (tertiary/aromatic N) is 1. The van der Waals surface area contributed by atoms with E-state index < -0.39 is 0 Å². The van der Waals surface area contributed by atoms with Crippen molar-refractivity contribution in [2.24, 2.45) is 0 Å². The van der Waals surface area contributed by atoms with Crippen LogP contribution in [0.4, 0.5) is 4.39 Å². The number of halogens is 1. The predicted octanol–water partition coefficient (Wildman–Crippen LogP) is 1.94. The topological polar surface area (TPSA) is 24.5 Å². The van der Waals surface area contributed by atoms with Crippen LogP contribution in [0.1, 0.15) is 18.1 Å². The number of nitrogens with one attached hydrogen (secondary N) is 1. The Bertz CT molecular complexity index is 411. The van der Waals surface area contributed by atoms with Crippen molar-refractivity contribution in [2.75, 3.05) is 32.8 Å². The van der Waals surface area contributed by atoms with Gasteiger partial charge in [0.05, 0.1) is 12.7 Å². The number of aryl methyl sites for hydroxylation is 1. The van der Waals surface area contributed by atoms with Crippen molar-refractivity contribution in [1.82, 2.24) is 10.2 Å². The van der Waals surface area contributed by atoms with Gasteiger partial charge in [-0.15, -0.1) is 0 Å². The lowest BCUT2D eigenvalue weighted by molar-refractivity contribution is -0.0253. The first-order chi connectivity index (χ1) is 9.19. The molecule has 0 amide bonds. The zero-order valence-corrected chi connectivity index (χ0v) is 11.8. The van der Waals surface area contributed by atoms with Crippen molar-refractivity contribution in [3.63, 3.8) is 0 Å². The summed E-state index contributed by atoms with van der Waals surface area (Å²) < 4.78 is 18.9. The van der Waals surface area contributed by atoms with Gasteiger partial charge in [-0.1, -0.05) is 13.0 Å². The Hall–Kier alpha value is -0.970. The monoisotopic (exact) mass is 266 g/mol. The lowest BCUT2D eigenvalue weighted by atomic mass is 10.1. The van der Waals surface area contributed by atoms with Gasteiger partial charge >= 0.3 is 0 Å². The second-order valence-electron chi connectivity index (χ2n) is 5.09. The minimum atomic E-state index is -0.173. The van der Waals surface area contributed by atoms with Crippen molar-refractivity contribution in [1.29, 1.82) is 0 Å². The fourth-order valence-corrected chi connectivity index (χ4v) is 2.39. The molecule has 1 saturated heterocycles. The van der Waals surface area contributed by atoms with E-state index in [0.29, 0.717) is 6.54 Å². The normalized spacial score (nSPS) is 20.7. The van der Waals surface area contributed by atoms with E-state index in [1.54, 1.807) is 6.07 Å². The van der Waals surface area contributed by atoms with E-state index in [1.165, 1.54) is 6.07 Å². The van der Waals surface area contributed by atoms with E-state index in [0.717, 1.165) is 43.9 Å². The molecular formula is C15H23FN2O. The molecule has 1 fully saturated rings. The van der Waals surface area contributed by atoms with Crippen molar-refractivity contribution >= 4 is 0 Å². The van der Waals surface area contributed by atoms with Gasteiger partial charge in [-0.3, -0.25) is 4.90 Å². The highest BCUT2D eigenvalue weighted by atomic mass is 19.1. The van der Waals surface area contributed by atoms with Crippen LogP contribution >= 0.6 is 0 Å². The molecule has 1 heterocycles. The van der Waals surface area contributed by atoms with Crippen LogP contribution in [0, 0.1) is 12.7 Å². The standard InChI is InChI=1S/C15H23FN2O/c1-3-18-6-7-19-15(11-18)10-17-9-13-8-14(16)5-4-12(13)2/h4-5,8,15,17H,3,6-7,9-11H2,1-2H3. The van der Waals surface area contributed by atoms with Gasteiger partial charge in [-0.2, -0.15) is 0 Å². The Labute approximate surface area is 114 Å². The smallest absolute Gasteiger partial charge is 0.123 e. The molecule has 0 radical (unpaired) electrons. The third-order valence-corrected chi connectivity index (χ3v) is 3.67. The zero-order chi connectivity index (χ0) is 13.7. The van der Waals surface area contributed by atoms with Crippen molar-refractivity contribution in [2.45, 2.75) is 26.5 Å². The molecule has 2 rings (SSSR count). The fraction of sp³-hybridized carbons (Fsp3) is 0.600. The van der Waals surface area contributed by atoms with Gasteiger partial charge < -0.3 is 10.1 Å². The first-order valence-corrected chi connectivity index (χ1v) is 6.98. The minimum absolute atomic E-state index is 0.173. The molecule has 0 bridgehead atoms.